The van der Waals surface area contributed by atoms with Crippen molar-refractivity contribution in [3.63, 3.8) is 0 Å². The molecule has 0 saturated heterocycles. The predicted molar refractivity (Wildman–Crippen MR) is 108 cm³/mol. The maximum atomic E-state index is 13.2. The Balaban J connectivity index is 1.75. The molecule has 1 aliphatic heterocycles. The van der Waals surface area contributed by atoms with Crippen molar-refractivity contribution in [2.45, 2.75) is 51.2 Å². The zero-order chi connectivity index (χ0) is 19.7. The fourth-order valence-electron chi connectivity index (χ4n) is 3.95. The number of ether oxygens (including phenoxy) is 2. The van der Waals surface area contributed by atoms with Gasteiger partial charge in [0.2, 0.25) is 5.95 Å². The van der Waals surface area contributed by atoms with Crippen molar-refractivity contribution in [2.24, 2.45) is 0 Å². The maximum absolute atomic E-state index is 13.2. The Bertz CT molecular complexity index is 918. The third kappa shape index (κ3) is 3.53. The van der Waals surface area contributed by atoms with Gasteiger partial charge in [0.25, 0.3) is 0 Å². The Kier molecular flexibility index (Phi) is 5.39. The van der Waals surface area contributed by atoms with E-state index in [1.807, 2.05) is 25.1 Å². The highest BCUT2D eigenvalue weighted by Gasteiger charge is 2.37. The van der Waals surface area contributed by atoms with Crippen molar-refractivity contribution in [1.29, 1.82) is 0 Å². The van der Waals surface area contributed by atoms with E-state index < -0.39 is 6.04 Å². The average Bonchev–Trinajstić information content (AvgIpc) is 3.15. The summed E-state index contributed by atoms with van der Waals surface area (Å²) in [6, 6.07) is 5.27. The zero-order valence-corrected chi connectivity index (χ0v) is 17.5. The van der Waals surface area contributed by atoms with Gasteiger partial charge in [0.1, 0.15) is 24.2 Å². The zero-order valence-electron chi connectivity index (χ0n) is 15.9. The Morgan fingerprint density at radius 3 is 2.82 bits per heavy atom. The molecule has 0 radical (unpaired) electrons. The van der Waals surface area contributed by atoms with Gasteiger partial charge in [-0.15, -0.1) is 0 Å². The summed E-state index contributed by atoms with van der Waals surface area (Å²) < 4.78 is 14.1. The van der Waals surface area contributed by atoms with Gasteiger partial charge in [-0.1, -0.05) is 28.4 Å². The number of esters is 1. The molecule has 2 aliphatic rings. The molecular formula is C20H23BrN4O3. The number of anilines is 1. The molecule has 2 heterocycles. The molecule has 1 aromatic heterocycles. The molecule has 2 aromatic rings. The van der Waals surface area contributed by atoms with Crippen LogP contribution in [0.4, 0.5) is 5.95 Å². The molecule has 1 N–H and O–H groups in total. The maximum Gasteiger partial charge on any atom is 0.338 e. The number of methoxy groups -OCH3 is 1. The summed E-state index contributed by atoms with van der Waals surface area (Å²) in [4.78, 5) is 17.5. The smallest absolute Gasteiger partial charge is 0.338 e. The Labute approximate surface area is 172 Å². The van der Waals surface area contributed by atoms with Crippen LogP contribution in [0.2, 0.25) is 0 Å². The van der Waals surface area contributed by atoms with Crippen LogP contribution in [-0.2, 0) is 9.53 Å². The van der Waals surface area contributed by atoms with E-state index in [2.05, 4.69) is 31.3 Å². The third-order valence-electron chi connectivity index (χ3n) is 5.33. The number of nitrogens with zero attached hydrogens (tertiary/aromatic N) is 3. The van der Waals surface area contributed by atoms with Crippen LogP contribution in [0.25, 0.3) is 0 Å². The molecule has 1 fully saturated rings. The Hall–Kier alpha value is -2.35. The lowest BCUT2D eigenvalue weighted by Crippen LogP contribution is -2.32. The number of rotatable bonds is 4. The highest BCUT2D eigenvalue weighted by molar-refractivity contribution is 9.10. The van der Waals surface area contributed by atoms with Gasteiger partial charge in [-0.05, 0) is 44.7 Å². The Morgan fingerprint density at radius 2 is 2.07 bits per heavy atom. The molecule has 0 spiro atoms. The summed E-state index contributed by atoms with van der Waals surface area (Å²) >= 11 is 3.48. The molecule has 0 amide bonds. The monoisotopic (exact) mass is 446 g/mol. The van der Waals surface area contributed by atoms with Gasteiger partial charge in [-0.3, -0.25) is 0 Å². The van der Waals surface area contributed by atoms with E-state index in [1.165, 1.54) is 12.7 Å². The molecule has 7 nitrogen and oxygen atoms in total. The lowest BCUT2D eigenvalue weighted by Gasteiger charge is -2.30. The third-order valence-corrected chi connectivity index (χ3v) is 5.82. The molecule has 4 rings (SSSR count). The molecule has 148 valence electrons. The van der Waals surface area contributed by atoms with Gasteiger partial charge in [0.15, 0.2) is 0 Å². The van der Waals surface area contributed by atoms with Crippen molar-refractivity contribution < 1.29 is 14.3 Å². The summed E-state index contributed by atoms with van der Waals surface area (Å²) in [6.07, 6.45) is 6.71. The first-order chi connectivity index (χ1) is 13.6. The fourth-order valence-corrected chi connectivity index (χ4v) is 4.29. The van der Waals surface area contributed by atoms with Crippen LogP contribution in [-0.4, -0.2) is 33.9 Å². The van der Waals surface area contributed by atoms with E-state index in [0.717, 1.165) is 41.4 Å². The van der Waals surface area contributed by atoms with Crippen LogP contribution in [0.15, 0.2) is 40.3 Å². The number of fused-ring (bicyclic) bond motifs is 1. The number of nitrogens with one attached hydrogen (secondary N) is 1. The van der Waals surface area contributed by atoms with E-state index in [9.17, 15) is 4.79 Å². The minimum atomic E-state index is -0.474. The molecule has 1 saturated carbocycles. The summed E-state index contributed by atoms with van der Waals surface area (Å²) in [5.74, 6) is 0.938. The number of carbonyl (C=O) groups excluding carboxylic acids is 1. The number of halogens is 1. The first-order valence-electron chi connectivity index (χ1n) is 9.50. The van der Waals surface area contributed by atoms with Crippen LogP contribution in [0, 0.1) is 0 Å². The van der Waals surface area contributed by atoms with Gasteiger partial charge < -0.3 is 14.8 Å². The minimum absolute atomic E-state index is 0.0221. The number of hydrogen-bond donors (Lipinski definition) is 1. The van der Waals surface area contributed by atoms with E-state index >= 15 is 0 Å². The second-order valence-corrected chi connectivity index (χ2v) is 8.06. The normalized spacial score (nSPS) is 19.8. The topological polar surface area (TPSA) is 78.3 Å². The van der Waals surface area contributed by atoms with E-state index in [4.69, 9.17) is 9.47 Å². The lowest BCUT2D eigenvalue weighted by atomic mass is 9.94. The molecule has 8 heteroatoms. The fraction of sp³-hybridized carbons (Fsp3) is 0.450. The van der Waals surface area contributed by atoms with Crippen LogP contribution < -0.4 is 10.1 Å². The quantitative estimate of drug-likeness (QED) is 0.708. The van der Waals surface area contributed by atoms with Gasteiger partial charge in [-0.2, -0.15) is 10.1 Å². The summed E-state index contributed by atoms with van der Waals surface area (Å²) in [5, 5.41) is 7.53. The SMILES string of the molecule is COc1cc(Br)ccc1C1C(C(=O)OC2CCCCC2)=C(C)Nc2ncnn21. The molecule has 1 aliphatic carbocycles. The number of hydrogen-bond acceptors (Lipinski definition) is 6. The molecule has 1 atom stereocenters. The summed E-state index contributed by atoms with van der Waals surface area (Å²) in [5.41, 5.74) is 2.08. The second-order valence-electron chi connectivity index (χ2n) is 7.15. The lowest BCUT2D eigenvalue weighted by molar-refractivity contribution is -0.146. The number of benzene rings is 1. The van der Waals surface area contributed by atoms with E-state index in [1.54, 1.807) is 11.8 Å². The van der Waals surface area contributed by atoms with E-state index in [0.29, 0.717) is 17.3 Å². The van der Waals surface area contributed by atoms with Crippen molar-refractivity contribution >= 4 is 27.8 Å². The molecule has 1 unspecified atom stereocenters. The molecular weight excluding hydrogens is 424 g/mol. The number of allylic oxidation sites excluding steroid dienone is 1. The van der Waals surface area contributed by atoms with Crippen LogP contribution in [0.3, 0.4) is 0 Å². The average molecular weight is 447 g/mol. The largest absolute Gasteiger partial charge is 0.496 e. The summed E-state index contributed by atoms with van der Waals surface area (Å²) in [7, 11) is 1.62. The highest BCUT2D eigenvalue weighted by Crippen LogP contribution is 2.40. The van der Waals surface area contributed by atoms with Gasteiger partial charge in [0, 0.05) is 15.7 Å². The van der Waals surface area contributed by atoms with Crippen molar-refractivity contribution in [1.82, 2.24) is 14.8 Å². The van der Waals surface area contributed by atoms with Crippen molar-refractivity contribution in [3.8, 4) is 5.75 Å². The Morgan fingerprint density at radius 1 is 1.29 bits per heavy atom. The van der Waals surface area contributed by atoms with Crippen molar-refractivity contribution in [2.75, 3.05) is 12.4 Å². The minimum Gasteiger partial charge on any atom is -0.496 e. The van der Waals surface area contributed by atoms with Gasteiger partial charge in [0.05, 0.1) is 12.7 Å². The second kappa shape index (κ2) is 7.95. The molecule has 0 bridgehead atoms. The highest BCUT2D eigenvalue weighted by atomic mass is 79.9. The number of carbonyl (C=O) groups is 1. The van der Waals surface area contributed by atoms with Crippen LogP contribution >= 0.6 is 15.9 Å². The van der Waals surface area contributed by atoms with Crippen LogP contribution in [0.1, 0.15) is 50.6 Å². The predicted octanol–water partition coefficient (Wildman–Crippen LogP) is 4.21. The van der Waals surface area contributed by atoms with Gasteiger partial charge in [-0.25, -0.2) is 9.48 Å². The molecule has 1 aromatic carbocycles. The summed E-state index contributed by atoms with van der Waals surface area (Å²) in [6.45, 7) is 1.87. The first kappa shape index (κ1) is 19.0. The molecule has 28 heavy (non-hydrogen) atoms. The van der Waals surface area contributed by atoms with E-state index in [-0.39, 0.29) is 12.1 Å². The standard InChI is InChI=1S/C20H23BrN4O3/c1-12-17(19(26)28-14-6-4-3-5-7-14)18(25-20(24-12)22-11-23-25)15-9-8-13(21)10-16(15)27-2/h8-11,14,18H,3-7H2,1-2H3,(H,22,23,24). The number of aromatic nitrogens is 3. The first-order valence-corrected chi connectivity index (χ1v) is 10.3. The van der Waals surface area contributed by atoms with Gasteiger partial charge >= 0.3 is 5.97 Å². The van der Waals surface area contributed by atoms with Crippen LogP contribution in [0.5, 0.6) is 5.75 Å². The van der Waals surface area contributed by atoms with Crippen molar-refractivity contribution in [3.05, 3.63) is 45.8 Å².